The second-order valence-corrected chi connectivity index (χ2v) is 10.3. The Hall–Kier alpha value is -3.75. The van der Waals surface area contributed by atoms with Crippen molar-refractivity contribution in [2.24, 2.45) is 0 Å². The first-order chi connectivity index (χ1) is 16.2. The van der Waals surface area contributed by atoms with Crippen LogP contribution in [0, 0.1) is 0 Å². The van der Waals surface area contributed by atoms with Crippen molar-refractivity contribution in [1.82, 2.24) is 15.8 Å². The topological polar surface area (TPSA) is 105 Å². The van der Waals surface area contributed by atoms with Gasteiger partial charge in [-0.2, -0.15) is 0 Å². The molecule has 0 saturated heterocycles. The Balaban J connectivity index is 1.56. The van der Waals surface area contributed by atoms with Crippen LogP contribution in [0.2, 0.25) is 5.02 Å². The predicted octanol–water partition coefficient (Wildman–Crippen LogP) is 4.17. The second-order valence-electron chi connectivity index (χ2n) is 7.73. The molecule has 1 aromatic heterocycles. The number of pyridine rings is 1. The summed E-state index contributed by atoms with van der Waals surface area (Å²) in [6.07, 6.45) is 1.14. The van der Waals surface area contributed by atoms with Crippen LogP contribution in [0.25, 0.3) is 22.2 Å². The highest BCUT2D eigenvalue weighted by Gasteiger charge is 2.16. The Morgan fingerprint density at radius 2 is 1.53 bits per heavy atom. The number of aromatic nitrogens is 1. The third kappa shape index (κ3) is 5.41. The Labute approximate surface area is 201 Å². The molecule has 0 bridgehead atoms. The molecular formula is C25H20ClN3O4S. The Morgan fingerprint density at radius 3 is 2.24 bits per heavy atom. The molecule has 2 N–H and O–H groups in total. The van der Waals surface area contributed by atoms with Gasteiger partial charge in [-0.25, -0.2) is 13.4 Å². The van der Waals surface area contributed by atoms with Gasteiger partial charge in [0.15, 0.2) is 9.84 Å². The van der Waals surface area contributed by atoms with Gasteiger partial charge in [0.1, 0.15) is 0 Å². The van der Waals surface area contributed by atoms with E-state index in [9.17, 15) is 18.0 Å². The summed E-state index contributed by atoms with van der Waals surface area (Å²) < 4.78 is 22.8. The molecule has 0 aliphatic rings. The minimum atomic E-state index is -3.18. The van der Waals surface area contributed by atoms with E-state index in [1.165, 1.54) is 12.1 Å². The summed E-state index contributed by atoms with van der Waals surface area (Å²) in [5.41, 5.74) is 7.82. The number of carbonyl (C=O) groups excluding carboxylic acids is 2. The third-order valence-corrected chi connectivity index (χ3v) is 6.23. The highest BCUT2D eigenvalue weighted by molar-refractivity contribution is 7.89. The van der Waals surface area contributed by atoms with Crippen molar-refractivity contribution >= 4 is 44.2 Å². The van der Waals surface area contributed by atoms with Gasteiger partial charge in [0.2, 0.25) is 0 Å². The van der Waals surface area contributed by atoms with Crippen molar-refractivity contribution in [2.75, 3.05) is 6.26 Å². The molecule has 0 fully saturated rings. The number of nitrogens with zero attached hydrogens (tertiary/aromatic N) is 1. The van der Waals surface area contributed by atoms with Crippen LogP contribution in [-0.2, 0) is 15.6 Å². The van der Waals surface area contributed by atoms with E-state index in [0.717, 1.165) is 6.26 Å². The number of para-hydroxylation sites is 1. The smallest absolute Gasteiger partial charge is 0.267 e. The van der Waals surface area contributed by atoms with E-state index in [-0.39, 0.29) is 11.3 Å². The average Bonchev–Trinajstić information content (AvgIpc) is 2.81. The molecule has 0 aliphatic heterocycles. The maximum absolute atomic E-state index is 13.0. The lowest BCUT2D eigenvalue weighted by Gasteiger charge is -2.12. The molecule has 3 aromatic carbocycles. The van der Waals surface area contributed by atoms with Crippen molar-refractivity contribution in [1.29, 1.82) is 0 Å². The van der Waals surface area contributed by atoms with Crippen LogP contribution in [0.5, 0.6) is 0 Å². The van der Waals surface area contributed by atoms with Crippen LogP contribution in [-0.4, -0.2) is 31.5 Å². The van der Waals surface area contributed by atoms with Gasteiger partial charge in [-0.1, -0.05) is 60.1 Å². The molecule has 0 unspecified atom stereocenters. The van der Waals surface area contributed by atoms with Gasteiger partial charge < -0.3 is 0 Å². The molecule has 0 radical (unpaired) electrons. The van der Waals surface area contributed by atoms with Gasteiger partial charge in [-0.3, -0.25) is 20.4 Å². The number of hydrazine groups is 1. The first-order valence-electron chi connectivity index (χ1n) is 10.2. The van der Waals surface area contributed by atoms with Gasteiger partial charge in [0.05, 0.1) is 22.5 Å². The maximum atomic E-state index is 13.0. The quantitative estimate of drug-likeness (QED) is 0.406. The minimum Gasteiger partial charge on any atom is -0.267 e. The maximum Gasteiger partial charge on any atom is 0.270 e. The molecule has 2 amide bonds. The van der Waals surface area contributed by atoms with Gasteiger partial charge in [0, 0.05) is 27.8 Å². The highest BCUT2D eigenvalue weighted by atomic mass is 35.5. The number of amides is 2. The molecule has 172 valence electrons. The van der Waals surface area contributed by atoms with E-state index in [1.54, 1.807) is 42.5 Å². The van der Waals surface area contributed by atoms with Crippen LogP contribution < -0.4 is 10.9 Å². The Kier molecular flexibility index (Phi) is 6.63. The van der Waals surface area contributed by atoms with E-state index < -0.39 is 21.7 Å². The molecule has 4 aromatic rings. The summed E-state index contributed by atoms with van der Waals surface area (Å²) in [5, 5.41) is 1.12. The molecule has 34 heavy (non-hydrogen) atoms. The third-order valence-electron chi connectivity index (χ3n) is 5.05. The van der Waals surface area contributed by atoms with Gasteiger partial charge >= 0.3 is 0 Å². The summed E-state index contributed by atoms with van der Waals surface area (Å²) in [7, 11) is -3.18. The zero-order chi connectivity index (χ0) is 24.3. The zero-order valence-electron chi connectivity index (χ0n) is 18.1. The largest absolute Gasteiger partial charge is 0.270 e. The van der Waals surface area contributed by atoms with E-state index in [1.807, 2.05) is 24.3 Å². The molecule has 9 heteroatoms. The van der Waals surface area contributed by atoms with Crippen LogP contribution in [0.3, 0.4) is 0 Å². The molecule has 0 atom stereocenters. The number of fused-ring (bicyclic) bond motifs is 1. The Bertz CT molecular complexity index is 1500. The fourth-order valence-electron chi connectivity index (χ4n) is 3.48. The normalized spacial score (nSPS) is 11.2. The number of halogens is 1. The highest BCUT2D eigenvalue weighted by Crippen LogP contribution is 2.29. The van der Waals surface area contributed by atoms with Crippen molar-refractivity contribution in [3.8, 4) is 11.3 Å². The summed E-state index contributed by atoms with van der Waals surface area (Å²) in [6.45, 7) is 0. The first-order valence-corrected chi connectivity index (χ1v) is 12.7. The Morgan fingerprint density at radius 1 is 0.882 bits per heavy atom. The van der Waals surface area contributed by atoms with Crippen molar-refractivity contribution in [3.63, 3.8) is 0 Å². The number of rotatable bonds is 5. The molecule has 0 aliphatic carbocycles. The van der Waals surface area contributed by atoms with Gasteiger partial charge in [-0.15, -0.1) is 0 Å². The van der Waals surface area contributed by atoms with Crippen LogP contribution in [0.15, 0.2) is 78.9 Å². The number of sulfone groups is 1. The number of carbonyl (C=O) groups is 2. The van der Waals surface area contributed by atoms with E-state index in [0.29, 0.717) is 38.3 Å². The van der Waals surface area contributed by atoms with Crippen molar-refractivity contribution < 1.29 is 18.0 Å². The van der Waals surface area contributed by atoms with Crippen LogP contribution >= 0.6 is 11.6 Å². The van der Waals surface area contributed by atoms with E-state index in [4.69, 9.17) is 11.6 Å². The molecular weight excluding hydrogens is 474 g/mol. The number of hydrogen-bond acceptors (Lipinski definition) is 5. The summed E-state index contributed by atoms with van der Waals surface area (Å²) >= 11 is 6.33. The minimum absolute atomic E-state index is 0.117. The van der Waals surface area contributed by atoms with Gasteiger partial charge in [-0.05, 0) is 35.9 Å². The number of hydrogen-bond donors (Lipinski definition) is 2. The van der Waals surface area contributed by atoms with E-state index >= 15 is 0 Å². The van der Waals surface area contributed by atoms with E-state index in [2.05, 4.69) is 15.8 Å². The van der Waals surface area contributed by atoms with Gasteiger partial charge in [0.25, 0.3) is 11.8 Å². The fraction of sp³-hybridized carbons (Fsp3) is 0.0800. The lowest BCUT2D eigenvalue weighted by Crippen LogP contribution is -2.41. The van der Waals surface area contributed by atoms with Crippen molar-refractivity contribution in [3.05, 3.63) is 101 Å². The predicted molar refractivity (Wildman–Crippen MR) is 132 cm³/mol. The lowest BCUT2D eigenvalue weighted by atomic mass is 10.0. The molecule has 1 heterocycles. The fourth-order valence-corrected chi connectivity index (χ4v) is 4.51. The number of benzene rings is 3. The summed E-state index contributed by atoms with van der Waals surface area (Å²) in [5.74, 6) is -1.17. The summed E-state index contributed by atoms with van der Waals surface area (Å²) in [4.78, 5) is 30.2. The molecule has 4 rings (SSSR count). The average molecular weight is 494 g/mol. The van der Waals surface area contributed by atoms with Crippen molar-refractivity contribution in [2.45, 2.75) is 5.75 Å². The zero-order valence-corrected chi connectivity index (χ0v) is 19.7. The second kappa shape index (κ2) is 9.62. The SMILES string of the molecule is CS(=O)(=O)Cc1ccc(C(=O)NNC(=O)c2cc(-c3ccccc3Cl)nc3ccccc23)cc1. The summed E-state index contributed by atoms with van der Waals surface area (Å²) in [6, 6.07) is 22.1. The standard InChI is InChI=1S/C25H20ClN3O4S/c1-34(32,33)15-16-10-12-17(13-11-16)24(30)28-29-25(31)20-14-23(19-7-2-4-8-21(19)26)27-22-9-5-3-6-18(20)22/h2-14H,15H2,1H3,(H,28,30)(H,29,31). The molecule has 7 nitrogen and oxygen atoms in total. The first kappa shape index (κ1) is 23.4. The lowest BCUT2D eigenvalue weighted by molar-refractivity contribution is 0.0847. The molecule has 0 saturated carbocycles. The van der Waals surface area contributed by atoms with Crippen LogP contribution in [0.1, 0.15) is 26.3 Å². The monoisotopic (exact) mass is 493 g/mol. The molecule has 0 spiro atoms. The van der Waals surface area contributed by atoms with Crippen LogP contribution in [0.4, 0.5) is 0 Å². The number of nitrogens with one attached hydrogen (secondary N) is 2.